The fourth-order valence-corrected chi connectivity index (χ4v) is 7.70. The summed E-state index contributed by atoms with van der Waals surface area (Å²) >= 11 is 1.70. The Hall–Kier alpha value is -0.0969. The molecule has 0 bridgehead atoms. The van der Waals surface area contributed by atoms with Gasteiger partial charge in [-0.15, -0.1) is 0 Å². The third-order valence-corrected chi connectivity index (χ3v) is 10.7. The summed E-state index contributed by atoms with van der Waals surface area (Å²) in [5.74, 6) is 2.31. The first-order valence-corrected chi connectivity index (χ1v) is 11.5. The predicted octanol–water partition coefficient (Wildman–Crippen LogP) is 0.688. The van der Waals surface area contributed by atoms with Crippen LogP contribution in [-0.2, 0) is 31.1 Å². The van der Waals surface area contributed by atoms with E-state index in [-0.39, 0.29) is 24.8 Å². The van der Waals surface area contributed by atoms with Gasteiger partial charge in [-0.05, 0) is 0 Å². The second-order valence-corrected chi connectivity index (χ2v) is 12.2. The minimum Gasteiger partial charge on any atom is -1.00 e. The third kappa shape index (κ3) is 2.86. The van der Waals surface area contributed by atoms with Crippen LogP contribution in [0, 0.1) is 23.2 Å². The summed E-state index contributed by atoms with van der Waals surface area (Å²) < 4.78 is 0.345. The Kier molecular flexibility index (Phi) is 6.09. The summed E-state index contributed by atoms with van der Waals surface area (Å²) in [5, 5.41) is 0. The maximum absolute atomic E-state index is 2.58. The summed E-state index contributed by atoms with van der Waals surface area (Å²) in [6.07, 6.45) is 10.1. The molecule has 28 heavy (non-hydrogen) atoms. The van der Waals surface area contributed by atoms with Crippen molar-refractivity contribution in [3.8, 4) is 0 Å². The molecule has 0 amide bonds. The molecule has 0 nitrogen and oxygen atoms in total. The van der Waals surface area contributed by atoms with Crippen LogP contribution in [0.25, 0.3) is 5.57 Å². The van der Waals surface area contributed by atoms with E-state index in [0.717, 1.165) is 24.2 Å². The van der Waals surface area contributed by atoms with Crippen LogP contribution in [0.1, 0.15) is 58.1 Å². The summed E-state index contributed by atoms with van der Waals surface area (Å²) in [6.45, 7) is 10.2. The molecule has 3 heteroatoms. The van der Waals surface area contributed by atoms with Crippen molar-refractivity contribution in [3.63, 3.8) is 0 Å². The van der Waals surface area contributed by atoms with Crippen molar-refractivity contribution < 1.29 is 49.5 Å². The first kappa shape index (κ1) is 22.6. The zero-order valence-electron chi connectivity index (χ0n) is 17.3. The van der Waals surface area contributed by atoms with E-state index in [1.165, 1.54) is 24.8 Å². The first-order valence-electron chi connectivity index (χ1n) is 10.3. The molecule has 4 unspecified atom stereocenters. The largest absolute Gasteiger partial charge is 1.00 e. The number of rotatable bonds is 0. The van der Waals surface area contributed by atoms with Gasteiger partial charge in [0.05, 0.1) is 0 Å². The van der Waals surface area contributed by atoms with Gasteiger partial charge < -0.3 is 24.8 Å². The molecule has 1 aromatic rings. The first-order chi connectivity index (χ1) is 12.3. The number of hydrogen-bond donors (Lipinski definition) is 0. The Bertz CT molecular complexity index is 888. The van der Waals surface area contributed by atoms with E-state index in [1.807, 2.05) is 5.57 Å². The molecule has 0 radical (unpaired) electrons. The normalized spacial score (nSPS) is 34.6. The quantitative estimate of drug-likeness (QED) is 0.501. The van der Waals surface area contributed by atoms with Gasteiger partial charge in [0.2, 0.25) is 0 Å². The molecule has 147 valence electrons. The Balaban J connectivity index is 0.00000112. The molecule has 1 fully saturated rings. The fraction of sp³-hybridized carbons (Fsp3) is 0.520. The van der Waals surface area contributed by atoms with Crippen molar-refractivity contribution >= 4 is 5.57 Å². The maximum Gasteiger partial charge on any atom is -1.00 e. The Labute approximate surface area is 198 Å². The Morgan fingerprint density at radius 3 is 2.50 bits per heavy atom. The average Bonchev–Trinajstić information content (AvgIpc) is 2.99. The topological polar surface area (TPSA) is 0 Å². The SMILES string of the molecule is CC1CC2C(=C3Cc4ccccc4C3=C3C=CCCC32)[C](C)([Zr+2])C1(C)C.[Cl-].[Cl-]. The molecule has 0 spiro atoms. The number of allylic oxidation sites excluding steroid dienone is 6. The van der Waals surface area contributed by atoms with E-state index >= 15 is 0 Å². The van der Waals surface area contributed by atoms with Gasteiger partial charge in [-0.2, -0.15) is 0 Å². The number of halogens is 2. The summed E-state index contributed by atoms with van der Waals surface area (Å²) in [7, 11) is 0. The van der Waals surface area contributed by atoms with Crippen LogP contribution in [0.3, 0.4) is 0 Å². The molecule has 4 atom stereocenters. The van der Waals surface area contributed by atoms with Crippen LogP contribution < -0.4 is 24.8 Å². The monoisotopic (exact) mass is 489 g/mol. The molecule has 0 saturated heterocycles. The van der Waals surface area contributed by atoms with Crippen LogP contribution >= 0.6 is 0 Å². The zero-order valence-corrected chi connectivity index (χ0v) is 21.3. The molecule has 1 aromatic carbocycles. The van der Waals surface area contributed by atoms with Crippen molar-refractivity contribution in [2.24, 2.45) is 23.2 Å². The van der Waals surface area contributed by atoms with E-state index in [4.69, 9.17) is 0 Å². The predicted molar refractivity (Wildman–Crippen MR) is 105 cm³/mol. The van der Waals surface area contributed by atoms with E-state index < -0.39 is 0 Å². The van der Waals surface area contributed by atoms with E-state index in [2.05, 4.69) is 64.1 Å². The molecule has 4 aliphatic carbocycles. The molecule has 4 aliphatic rings. The van der Waals surface area contributed by atoms with Crippen molar-refractivity contribution in [2.75, 3.05) is 0 Å². The van der Waals surface area contributed by atoms with Gasteiger partial charge in [0.25, 0.3) is 0 Å². The minimum absolute atomic E-state index is 0. The van der Waals surface area contributed by atoms with Crippen LogP contribution in [0.5, 0.6) is 0 Å². The second-order valence-electron chi connectivity index (χ2n) is 9.73. The third-order valence-electron chi connectivity index (χ3n) is 8.43. The molecule has 5 rings (SSSR count). The van der Waals surface area contributed by atoms with Crippen molar-refractivity contribution in [1.29, 1.82) is 0 Å². The Morgan fingerprint density at radius 1 is 1.04 bits per heavy atom. The fourth-order valence-electron chi connectivity index (χ4n) is 6.27. The second kappa shape index (κ2) is 7.55. The molecule has 0 N–H and O–H groups in total. The standard InChI is InChI=1S/C25H29.2ClH.Zr/c1-15-13-21-19-11-7-8-12-20(19)24-18-10-6-5-9-17(18)14-22(24)23(21)16(2)25(15,3)4;;;/h5-6,8-10,12,15,19,21H,7,11,13-14H2,1-4H3;2*1H;/q;;;+2/p-2. The number of benzene rings is 1. The number of fused-ring (bicyclic) bond motifs is 6. The van der Waals surface area contributed by atoms with Gasteiger partial charge in [-0.3, -0.25) is 0 Å². The maximum atomic E-state index is 2.58. The van der Waals surface area contributed by atoms with Crippen LogP contribution in [-0.4, -0.2) is 0 Å². The smallest absolute Gasteiger partial charge is 1.00 e. The summed E-state index contributed by atoms with van der Waals surface area (Å²) in [5.41, 5.74) is 10.3. The Morgan fingerprint density at radius 2 is 1.75 bits per heavy atom. The summed E-state index contributed by atoms with van der Waals surface area (Å²) in [4.78, 5) is 0. The van der Waals surface area contributed by atoms with Crippen molar-refractivity contribution in [2.45, 2.75) is 56.5 Å². The van der Waals surface area contributed by atoms with Gasteiger partial charge in [-0.25, -0.2) is 0 Å². The number of hydrogen-bond acceptors (Lipinski definition) is 0. The van der Waals surface area contributed by atoms with Gasteiger partial charge in [0.1, 0.15) is 0 Å². The van der Waals surface area contributed by atoms with Crippen molar-refractivity contribution in [1.82, 2.24) is 0 Å². The van der Waals surface area contributed by atoms with Crippen LogP contribution in [0.15, 0.2) is 53.1 Å². The van der Waals surface area contributed by atoms with Crippen molar-refractivity contribution in [3.05, 3.63) is 64.3 Å². The molecular formula is C25H29Cl2Zr. The van der Waals surface area contributed by atoms with Crippen LogP contribution in [0.4, 0.5) is 0 Å². The van der Waals surface area contributed by atoms with Gasteiger partial charge in [-0.1, -0.05) is 0 Å². The molecular weight excluding hydrogens is 462 g/mol. The van der Waals surface area contributed by atoms with Crippen LogP contribution in [0.2, 0.25) is 3.12 Å². The molecule has 0 heterocycles. The van der Waals surface area contributed by atoms with Gasteiger partial charge in [0, 0.05) is 0 Å². The molecule has 1 saturated carbocycles. The zero-order chi connectivity index (χ0) is 18.3. The average molecular weight is 492 g/mol. The van der Waals surface area contributed by atoms with Gasteiger partial charge >= 0.3 is 174 Å². The minimum atomic E-state index is 0. The van der Waals surface area contributed by atoms with E-state index in [9.17, 15) is 0 Å². The van der Waals surface area contributed by atoms with E-state index in [0.29, 0.717) is 8.54 Å². The van der Waals surface area contributed by atoms with E-state index in [1.54, 1.807) is 47.0 Å². The summed E-state index contributed by atoms with van der Waals surface area (Å²) in [6, 6.07) is 9.20. The molecule has 0 aliphatic heterocycles. The van der Waals surface area contributed by atoms with Gasteiger partial charge in [0.15, 0.2) is 0 Å². The molecule has 0 aromatic heterocycles.